The molecule has 1 spiro atoms. The molecule has 0 fully saturated rings. The standard InChI is InChI=1S/C49H30N6S2/c50-29-57-28-32-10-8-16-36(26-32)48-43-23-19-39-45(33-11-3-1-4-12-33)37-17-21-41-47(35-15-7-9-31(25-35)27-51-30-56)42-22-18-38-46(34-13-5-2-6-14-34)40-20-24-44(48)55(40)49(52(37)41,53(38)42)54(39)43/h1-26H,27-28H2/q+2. The van der Waals surface area contributed by atoms with Gasteiger partial charge in [-0.2, -0.15) is 14.4 Å². The van der Waals surface area contributed by atoms with Gasteiger partial charge < -0.3 is 0 Å². The molecule has 0 aliphatic carbocycles. The Morgan fingerprint density at radius 2 is 1.11 bits per heavy atom. The molecule has 6 aliphatic heterocycles. The fraction of sp³-hybridized carbons (Fsp3) is 0.0612. The van der Waals surface area contributed by atoms with Crippen LogP contribution in [0, 0.1) is 10.7 Å². The lowest BCUT2D eigenvalue weighted by Crippen LogP contribution is -2.71. The van der Waals surface area contributed by atoms with Gasteiger partial charge in [0.1, 0.15) is 5.40 Å². The monoisotopic (exact) mass is 766 g/mol. The van der Waals surface area contributed by atoms with Gasteiger partial charge in [0.25, 0.3) is 0 Å². The Kier molecular flexibility index (Phi) is 6.85. The van der Waals surface area contributed by atoms with Crippen LogP contribution in [0.25, 0.3) is 22.3 Å². The first kappa shape index (κ1) is 32.4. The van der Waals surface area contributed by atoms with Gasteiger partial charge in [0.2, 0.25) is 22.8 Å². The van der Waals surface area contributed by atoms with E-state index in [4.69, 9.17) is 12.2 Å². The van der Waals surface area contributed by atoms with Crippen molar-refractivity contribution in [1.29, 1.82) is 5.26 Å². The summed E-state index contributed by atoms with van der Waals surface area (Å²) >= 11 is 6.23. The number of benzene rings is 4. The van der Waals surface area contributed by atoms with Crippen molar-refractivity contribution in [3.63, 3.8) is 0 Å². The Balaban J connectivity index is 1.28. The lowest BCUT2D eigenvalue weighted by atomic mass is 9.92. The average Bonchev–Trinajstić information content (AvgIpc) is 4.09. The summed E-state index contributed by atoms with van der Waals surface area (Å²) in [6.07, 6.45) is 9.29. The third-order valence-corrected chi connectivity index (χ3v) is 12.7. The van der Waals surface area contributed by atoms with Crippen LogP contribution in [0.1, 0.15) is 44.8 Å². The summed E-state index contributed by atoms with van der Waals surface area (Å²) in [4.78, 5) is 4.30. The molecule has 0 bridgehead atoms. The molecule has 266 valence electrons. The van der Waals surface area contributed by atoms with Gasteiger partial charge in [0.15, 0.2) is 0 Å². The number of thioether (sulfide) groups is 1. The number of thiocarbonyl (C=S) groups is 1. The van der Waals surface area contributed by atoms with Gasteiger partial charge in [-0.15, -0.1) is 0 Å². The van der Waals surface area contributed by atoms with Gasteiger partial charge in [-0.3, -0.25) is 0 Å². The van der Waals surface area contributed by atoms with Crippen LogP contribution >= 0.6 is 24.0 Å². The number of isothiocyanates is 1. The Bertz CT molecular complexity index is 3260. The molecule has 0 radical (unpaired) electrons. The van der Waals surface area contributed by atoms with E-state index in [2.05, 4.69) is 192 Å². The minimum Gasteiger partial charge on any atom is -0.228 e. The summed E-state index contributed by atoms with van der Waals surface area (Å²) in [5.74, 6) is -0.233. The summed E-state index contributed by atoms with van der Waals surface area (Å²) in [5, 5.41) is 16.6. The smallest absolute Gasteiger partial charge is 0.228 e. The lowest BCUT2D eigenvalue weighted by molar-refractivity contribution is -0.834. The zero-order valence-electron chi connectivity index (χ0n) is 30.4. The summed E-state index contributed by atoms with van der Waals surface area (Å²) in [6, 6.07) is 48.3. The van der Waals surface area contributed by atoms with Crippen molar-refractivity contribution >= 4 is 62.9 Å². The van der Waals surface area contributed by atoms with Gasteiger partial charge in [-0.25, -0.2) is 4.99 Å². The Morgan fingerprint density at radius 3 is 1.72 bits per heavy atom. The van der Waals surface area contributed by atoms with E-state index in [-0.39, 0.29) is 0 Å². The topological polar surface area (TPSA) is 52.0 Å². The molecule has 57 heavy (non-hydrogen) atoms. The third-order valence-electron chi connectivity index (χ3n) is 12.0. The second-order valence-electron chi connectivity index (χ2n) is 14.8. The molecule has 1 unspecified atom stereocenters. The van der Waals surface area contributed by atoms with Crippen LogP contribution < -0.4 is 10.7 Å². The Hall–Kier alpha value is -6.88. The average molecular weight is 767 g/mol. The van der Waals surface area contributed by atoms with Gasteiger partial charge in [0.05, 0.1) is 56.1 Å². The first-order valence-corrected chi connectivity index (χ1v) is 20.4. The van der Waals surface area contributed by atoms with E-state index >= 15 is 0 Å². The van der Waals surface area contributed by atoms with Crippen LogP contribution in [0.15, 0.2) is 174 Å². The highest BCUT2D eigenvalue weighted by Crippen LogP contribution is 2.53. The van der Waals surface area contributed by atoms with E-state index in [1.165, 1.54) is 22.9 Å². The highest BCUT2D eigenvalue weighted by molar-refractivity contribution is 8.02. The van der Waals surface area contributed by atoms with Gasteiger partial charge in [-0.05, 0) is 93.8 Å². The molecule has 2 aromatic heterocycles. The SMILES string of the molecule is N#CSCc1cccc(C2=C3C=CC4=[N+]3C35n6c2ccc6C(c2ccccc2)=C2C=CC(=[N+]23)C(c2cccc(CN=C=S)c2)=c2ccc(n25)=C4c2ccccc2)c1. The van der Waals surface area contributed by atoms with Gasteiger partial charge >= 0.3 is 5.91 Å². The predicted molar refractivity (Wildman–Crippen MR) is 229 cm³/mol. The molecular weight excluding hydrogens is 737 g/mol. The number of thiocyanates is 1. The number of aliphatic imine (C=N–C) groups is 1. The highest BCUT2D eigenvalue weighted by atomic mass is 32.2. The van der Waals surface area contributed by atoms with Gasteiger partial charge in [-0.1, -0.05) is 106 Å². The number of aromatic nitrogens is 2. The third kappa shape index (κ3) is 4.20. The van der Waals surface area contributed by atoms with E-state index in [9.17, 15) is 5.26 Å². The maximum atomic E-state index is 9.44. The summed E-state index contributed by atoms with van der Waals surface area (Å²) in [5.41, 5.74) is 18.4. The number of hydrogen-bond donors (Lipinski definition) is 0. The zero-order valence-corrected chi connectivity index (χ0v) is 32.1. The van der Waals surface area contributed by atoms with E-state index in [1.54, 1.807) is 0 Å². The van der Waals surface area contributed by atoms with E-state index < -0.39 is 5.91 Å². The van der Waals surface area contributed by atoms with Crippen molar-refractivity contribution in [1.82, 2.24) is 9.13 Å². The van der Waals surface area contributed by atoms with E-state index in [0.717, 1.165) is 89.4 Å². The van der Waals surface area contributed by atoms with Crippen molar-refractivity contribution in [2.24, 2.45) is 4.99 Å². The zero-order chi connectivity index (χ0) is 37.8. The second-order valence-corrected chi connectivity index (χ2v) is 15.7. The van der Waals surface area contributed by atoms with Crippen LogP contribution in [0.2, 0.25) is 0 Å². The molecule has 0 N–H and O–H groups in total. The first-order chi connectivity index (χ1) is 28.2. The molecule has 12 rings (SSSR count). The molecule has 6 aromatic rings. The molecule has 0 saturated heterocycles. The maximum Gasteiger partial charge on any atom is 0.553 e. The molecule has 6 nitrogen and oxygen atoms in total. The summed E-state index contributed by atoms with van der Waals surface area (Å²) in [7, 11) is 0. The first-order valence-electron chi connectivity index (χ1n) is 19.0. The van der Waals surface area contributed by atoms with Crippen molar-refractivity contribution in [2.45, 2.75) is 18.2 Å². The van der Waals surface area contributed by atoms with Crippen molar-refractivity contribution in [3.05, 3.63) is 225 Å². The Morgan fingerprint density at radius 1 is 0.579 bits per heavy atom. The number of nitriles is 1. The number of rotatable bonds is 8. The fourth-order valence-corrected chi connectivity index (χ4v) is 10.5. The van der Waals surface area contributed by atoms with E-state index in [1.807, 2.05) is 0 Å². The quantitative estimate of drug-likeness (QED) is 0.0690. The summed E-state index contributed by atoms with van der Waals surface area (Å²) in [6.45, 7) is 0.478. The molecule has 8 heterocycles. The van der Waals surface area contributed by atoms with Crippen LogP contribution in [-0.4, -0.2) is 34.9 Å². The molecule has 0 saturated carbocycles. The number of hydrogen-bond acceptors (Lipinski definition) is 4. The van der Waals surface area contributed by atoms with Crippen molar-refractivity contribution < 1.29 is 9.15 Å². The van der Waals surface area contributed by atoms with E-state index in [0.29, 0.717) is 12.3 Å². The van der Waals surface area contributed by atoms with Crippen LogP contribution in [0.5, 0.6) is 0 Å². The Labute approximate surface area is 338 Å². The molecule has 6 aliphatic rings. The highest BCUT2D eigenvalue weighted by Gasteiger charge is 2.72. The molecule has 8 heteroatoms. The predicted octanol–water partition coefficient (Wildman–Crippen LogP) is 7.74. The molecular formula is C49H30N6S2+2. The fourth-order valence-electron chi connectivity index (χ4n) is 10.00. The molecule has 0 amide bonds. The lowest BCUT2D eigenvalue weighted by Gasteiger charge is -2.41. The minimum absolute atomic E-state index is 0.478. The second kappa shape index (κ2) is 12.1. The number of allylic oxidation sites excluding steroid dienone is 4. The van der Waals surface area contributed by atoms with Crippen LogP contribution in [-0.2, 0) is 18.2 Å². The largest absolute Gasteiger partial charge is 0.553 e. The normalized spacial score (nSPS) is 18.6. The van der Waals surface area contributed by atoms with Gasteiger partial charge in [0, 0.05) is 30.1 Å². The summed E-state index contributed by atoms with van der Waals surface area (Å²) < 4.78 is 10.4. The van der Waals surface area contributed by atoms with Crippen LogP contribution in [0.3, 0.4) is 0 Å². The molecule has 1 atom stereocenters. The maximum absolute atomic E-state index is 9.44. The van der Waals surface area contributed by atoms with Crippen molar-refractivity contribution in [3.8, 4) is 5.40 Å². The number of nitrogens with zero attached hydrogens (tertiary/aromatic N) is 6. The molecule has 4 aromatic carbocycles. The van der Waals surface area contributed by atoms with Crippen LogP contribution in [0.4, 0.5) is 0 Å². The minimum atomic E-state index is -0.859. The van der Waals surface area contributed by atoms with Crippen molar-refractivity contribution in [2.75, 3.05) is 0 Å².